The Morgan fingerprint density at radius 1 is 1.14 bits per heavy atom. The summed E-state index contributed by atoms with van der Waals surface area (Å²) in [4.78, 5) is 26.4. The lowest BCUT2D eigenvalue weighted by atomic mass is 9.69. The standard InChI is InChI=1S/C21H13N3O4/c1-10-5-4-7-12-16(10)24-20(26)21(12)13(9-22)18(23)28-17-11-6-2-3-8-14(11)27-19(25)15(17)21/h2-8H,23H2,1H3,(H,24,26)/t21-/m1/s1. The molecule has 1 aromatic heterocycles. The van der Waals surface area contributed by atoms with E-state index in [2.05, 4.69) is 5.32 Å². The van der Waals surface area contributed by atoms with E-state index in [1.165, 1.54) is 0 Å². The van der Waals surface area contributed by atoms with Gasteiger partial charge in [-0.2, -0.15) is 5.26 Å². The summed E-state index contributed by atoms with van der Waals surface area (Å²) in [5.41, 5.74) is 5.56. The fraction of sp³-hybridized carbons (Fsp3) is 0.0952. The van der Waals surface area contributed by atoms with E-state index in [0.717, 1.165) is 5.56 Å². The molecule has 0 unspecified atom stereocenters. The zero-order valence-electron chi connectivity index (χ0n) is 14.7. The van der Waals surface area contributed by atoms with E-state index in [9.17, 15) is 14.9 Å². The minimum absolute atomic E-state index is 0.0428. The fourth-order valence-corrected chi connectivity index (χ4v) is 4.13. The van der Waals surface area contributed by atoms with Crippen LogP contribution < -0.4 is 21.4 Å². The van der Waals surface area contributed by atoms with E-state index in [4.69, 9.17) is 14.9 Å². The summed E-state index contributed by atoms with van der Waals surface area (Å²) in [5, 5.41) is 13.2. The quantitative estimate of drug-likeness (QED) is 0.586. The fourth-order valence-electron chi connectivity index (χ4n) is 4.13. The van der Waals surface area contributed by atoms with Crippen molar-refractivity contribution in [2.24, 2.45) is 5.73 Å². The number of fused-ring (bicyclic) bond motifs is 6. The number of benzene rings is 2. The van der Waals surface area contributed by atoms with Gasteiger partial charge in [0.1, 0.15) is 22.8 Å². The van der Waals surface area contributed by atoms with Crippen LogP contribution in [0.3, 0.4) is 0 Å². The second-order valence-electron chi connectivity index (χ2n) is 6.74. The average molecular weight is 371 g/mol. The Balaban J connectivity index is 2.03. The van der Waals surface area contributed by atoms with Crippen LogP contribution in [0.2, 0.25) is 0 Å². The monoisotopic (exact) mass is 371 g/mol. The highest BCUT2D eigenvalue weighted by Gasteiger charge is 2.59. The van der Waals surface area contributed by atoms with E-state index in [0.29, 0.717) is 22.2 Å². The highest BCUT2D eigenvalue weighted by Crippen LogP contribution is 2.53. The van der Waals surface area contributed by atoms with Gasteiger partial charge >= 0.3 is 5.63 Å². The second kappa shape index (κ2) is 5.24. The third-order valence-electron chi connectivity index (χ3n) is 5.34. The molecular formula is C21H13N3O4. The van der Waals surface area contributed by atoms with Gasteiger partial charge in [0.15, 0.2) is 11.2 Å². The van der Waals surface area contributed by atoms with Gasteiger partial charge in [-0.3, -0.25) is 4.79 Å². The second-order valence-corrected chi connectivity index (χ2v) is 6.74. The van der Waals surface area contributed by atoms with E-state index in [1.54, 1.807) is 36.4 Å². The third-order valence-corrected chi connectivity index (χ3v) is 5.34. The summed E-state index contributed by atoms with van der Waals surface area (Å²) in [6, 6.07) is 14.1. The van der Waals surface area contributed by atoms with Crippen molar-refractivity contribution in [3.8, 4) is 11.8 Å². The number of ether oxygens (including phenoxy) is 1. The number of hydrogen-bond donors (Lipinski definition) is 2. The number of aryl methyl sites for hydroxylation is 1. The number of rotatable bonds is 0. The lowest BCUT2D eigenvalue weighted by molar-refractivity contribution is -0.118. The van der Waals surface area contributed by atoms with Crippen LogP contribution in [0, 0.1) is 18.3 Å². The van der Waals surface area contributed by atoms with Gasteiger partial charge in [0.2, 0.25) is 11.8 Å². The van der Waals surface area contributed by atoms with Crippen molar-refractivity contribution >= 4 is 22.6 Å². The summed E-state index contributed by atoms with van der Waals surface area (Å²) >= 11 is 0. The molecule has 0 aliphatic carbocycles. The number of carbonyl (C=O) groups excluding carboxylic acids is 1. The number of amides is 1. The van der Waals surface area contributed by atoms with E-state index >= 15 is 0 Å². The van der Waals surface area contributed by atoms with Gasteiger partial charge in [-0.1, -0.05) is 30.3 Å². The van der Waals surface area contributed by atoms with Gasteiger partial charge in [-0.25, -0.2) is 4.79 Å². The van der Waals surface area contributed by atoms with Crippen LogP contribution in [0.4, 0.5) is 5.69 Å². The lowest BCUT2D eigenvalue weighted by Gasteiger charge is -2.32. The predicted octanol–water partition coefficient (Wildman–Crippen LogP) is 2.43. The Hall–Kier alpha value is -4.05. The van der Waals surface area contributed by atoms with Crippen molar-refractivity contribution < 1.29 is 13.9 Å². The first-order valence-corrected chi connectivity index (χ1v) is 8.56. The molecule has 1 amide bonds. The normalized spacial score (nSPS) is 19.8. The molecule has 1 spiro atoms. The topological polar surface area (TPSA) is 118 Å². The maximum Gasteiger partial charge on any atom is 0.345 e. The molecule has 3 aromatic rings. The number of nitrogens with two attached hydrogens (primary N) is 1. The van der Waals surface area contributed by atoms with Crippen molar-refractivity contribution in [2.75, 3.05) is 5.32 Å². The van der Waals surface area contributed by atoms with Crippen molar-refractivity contribution in [3.05, 3.63) is 81.0 Å². The maximum atomic E-state index is 13.3. The molecule has 3 N–H and O–H groups in total. The van der Waals surface area contributed by atoms with Crippen molar-refractivity contribution in [1.82, 2.24) is 0 Å². The SMILES string of the molecule is Cc1cccc2c1NC(=O)[C@@]21C(C#N)=C(N)Oc2c1c(=O)oc1ccccc21. The molecule has 28 heavy (non-hydrogen) atoms. The Morgan fingerprint density at radius 3 is 2.71 bits per heavy atom. The molecule has 0 saturated heterocycles. The van der Waals surface area contributed by atoms with Gasteiger partial charge in [-0.15, -0.1) is 0 Å². The van der Waals surface area contributed by atoms with Crippen LogP contribution >= 0.6 is 0 Å². The van der Waals surface area contributed by atoms with Crippen LogP contribution in [-0.4, -0.2) is 5.91 Å². The summed E-state index contributed by atoms with van der Waals surface area (Å²) in [6.07, 6.45) is 0. The number of para-hydroxylation sites is 2. The molecule has 1 atom stereocenters. The van der Waals surface area contributed by atoms with Crippen LogP contribution in [0.1, 0.15) is 16.7 Å². The lowest BCUT2D eigenvalue weighted by Crippen LogP contribution is -2.45. The number of nitrogens with zero attached hydrogens (tertiary/aromatic N) is 1. The van der Waals surface area contributed by atoms with Crippen molar-refractivity contribution in [2.45, 2.75) is 12.3 Å². The largest absolute Gasteiger partial charge is 0.439 e. The molecule has 2 aliphatic rings. The van der Waals surface area contributed by atoms with Gasteiger partial charge in [0.25, 0.3) is 0 Å². The maximum absolute atomic E-state index is 13.3. The molecule has 7 nitrogen and oxygen atoms in total. The minimum Gasteiger partial charge on any atom is -0.439 e. The highest BCUT2D eigenvalue weighted by atomic mass is 16.5. The first kappa shape index (κ1) is 16.1. The van der Waals surface area contributed by atoms with E-state index in [-0.39, 0.29) is 22.8 Å². The van der Waals surface area contributed by atoms with E-state index < -0.39 is 16.9 Å². The van der Waals surface area contributed by atoms with Gasteiger partial charge in [0.05, 0.1) is 5.39 Å². The molecule has 136 valence electrons. The Morgan fingerprint density at radius 2 is 1.93 bits per heavy atom. The Kier molecular flexibility index (Phi) is 3.02. The number of hydrogen-bond acceptors (Lipinski definition) is 6. The predicted molar refractivity (Wildman–Crippen MR) is 101 cm³/mol. The third kappa shape index (κ3) is 1.71. The van der Waals surface area contributed by atoms with Crippen LogP contribution in [-0.2, 0) is 10.2 Å². The van der Waals surface area contributed by atoms with Crippen LogP contribution in [0.25, 0.3) is 11.0 Å². The molecule has 0 radical (unpaired) electrons. The first-order valence-electron chi connectivity index (χ1n) is 8.56. The smallest absolute Gasteiger partial charge is 0.345 e. The first-order chi connectivity index (χ1) is 13.5. The number of nitrogens with one attached hydrogen (secondary N) is 1. The number of nitriles is 1. The average Bonchev–Trinajstić information content (AvgIpc) is 2.96. The molecule has 5 rings (SSSR count). The molecule has 2 aliphatic heterocycles. The molecule has 0 fully saturated rings. The Labute approximate surface area is 158 Å². The zero-order chi connectivity index (χ0) is 19.6. The molecule has 0 bridgehead atoms. The van der Waals surface area contributed by atoms with Gasteiger partial charge in [0, 0.05) is 11.3 Å². The van der Waals surface area contributed by atoms with E-state index in [1.807, 2.05) is 19.1 Å². The molecular weight excluding hydrogens is 358 g/mol. The summed E-state index contributed by atoms with van der Waals surface area (Å²) < 4.78 is 11.2. The molecule has 0 saturated carbocycles. The van der Waals surface area contributed by atoms with Gasteiger partial charge in [-0.05, 0) is 24.6 Å². The van der Waals surface area contributed by atoms with Crippen molar-refractivity contribution in [3.63, 3.8) is 0 Å². The van der Waals surface area contributed by atoms with Gasteiger partial charge < -0.3 is 20.2 Å². The zero-order valence-corrected chi connectivity index (χ0v) is 14.7. The van der Waals surface area contributed by atoms with Crippen molar-refractivity contribution in [1.29, 1.82) is 5.26 Å². The molecule has 2 aromatic carbocycles. The summed E-state index contributed by atoms with van der Waals surface area (Å²) in [7, 11) is 0. The van der Waals surface area contributed by atoms with Crippen LogP contribution in [0.15, 0.2) is 63.1 Å². The molecule has 3 heterocycles. The highest BCUT2D eigenvalue weighted by molar-refractivity contribution is 6.13. The summed E-state index contributed by atoms with van der Waals surface area (Å²) in [6.45, 7) is 1.83. The minimum atomic E-state index is -1.72. The number of anilines is 1. The van der Waals surface area contributed by atoms with Crippen LogP contribution in [0.5, 0.6) is 5.75 Å². The Bertz CT molecular complexity index is 1350. The number of carbonyl (C=O) groups is 1. The molecule has 7 heteroatoms. The summed E-state index contributed by atoms with van der Waals surface area (Å²) in [5.74, 6) is -0.619.